The Morgan fingerprint density at radius 2 is 2.27 bits per heavy atom. The molecule has 5 nitrogen and oxygen atoms in total. The van der Waals surface area contributed by atoms with Gasteiger partial charge in [0.25, 0.3) is 5.91 Å². The Hall–Kier alpha value is -1.95. The van der Waals surface area contributed by atoms with Gasteiger partial charge in [-0.3, -0.25) is 4.79 Å². The number of amides is 1. The van der Waals surface area contributed by atoms with Crippen molar-refractivity contribution >= 4 is 22.9 Å². The lowest BCUT2D eigenvalue weighted by molar-refractivity contribution is 0.0995. The summed E-state index contributed by atoms with van der Waals surface area (Å²) in [5, 5.41) is 1.06. The second-order valence-corrected chi connectivity index (χ2v) is 6.65. The number of methoxy groups -OCH3 is 1. The zero-order valence-corrected chi connectivity index (χ0v) is 13.8. The standard InChI is InChI=1S/C16H19N3O2S/c1-10-14(22-13(18-10)9-11-6-7-11)16(20)19(2)12-5-4-8-17-15(12)21-3/h4-5,8,11H,6-7,9H2,1-3H3. The maximum absolute atomic E-state index is 12.8. The van der Waals surface area contributed by atoms with E-state index in [0.29, 0.717) is 16.4 Å². The van der Waals surface area contributed by atoms with Crippen LogP contribution < -0.4 is 9.64 Å². The van der Waals surface area contributed by atoms with Gasteiger partial charge >= 0.3 is 0 Å². The molecule has 2 heterocycles. The molecule has 0 unspecified atom stereocenters. The van der Waals surface area contributed by atoms with Gasteiger partial charge in [0.2, 0.25) is 5.88 Å². The first kappa shape index (κ1) is 15.0. The molecule has 0 N–H and O–H groups in total. The fraction of sp³-hybridized carbons (Fsp3) is 0.438. The number of rotatable bonds is 5. The van der Waals surface area contributed by atoms with E-state index in [9.17, 15) is 4.79 Å². The van der Waals surface area contributed by atoms with Gasteiger partial charge in [-0.05, 0) is 37.8 Å². The summed E-state index contributed by atoms with van der Waals surface area (Å²) in [5.74, 6) is 1.15. The van der Waals surface area contributed by atoms with Gasteiger partial charge < -0.3 is 9.64 Å². The van der Waals surface area contributed by atoms with Crippen LogP contribution in [-0.2, 0) is 6.42 Å². The molecule has 1 aliphatic rings. The number of carbonyl (C=O) groups is 1. The molecule has 116 valence electrons. The van der Waals surface area contributed by atoms with Crippen molar-refractivity contribution in [1.82, 2.24) is 9.97 Å². The minimum absolute atomic E-state index is 0.0663. The second kappa shape index (κ2) is 6.04. The van der Waals surface area contributed by atoms with Crippen LogP contribution in [0.15, 0.2) is 18.3 Å². The van der Waals surface area contributed by atoms with Crippen LogP contribution in [0.25, 0.3) is 0 Å². The topological polar surface area (TPSA) is 55.3 Å². The third-order valence-electron chi connectivity index (χ3n) is 3.81. The van der Waals surface area contributed by atoms with E-state index in [4.69, 9.17) is 4.74 Å². The van der Waals surface area contributed by atoms with Crippen molar-refractivity contribution in [2.75, 3.05) is 19.1 Å². The molecule has 0 radical (unpaired) electrons. The lowest BCUT2D eigenvalue weighted by Crippen LogP contribution is -2.26. The maximum Gasteiger partial charge on any atom is 0.270 e. The minimum Gasteiger partial charge on any atom is -0.480 e. The molecule has 0 atom stereocenters. The fourth-order valence-corrected chi connectivity index (χ4v) is 3.52. The number of hydrogen-bond acceptors (Lipinski definition) is 5. The summed E-state index contributed by atoms with van der Waals surface area (Å²) in [6.07, 6.45) is 5.22. The van der Waals surface area contributed by atoms with Crippen molar-refractivity contribution in [3.8, 4) is 5.88 Å². The lowest BCUT2D eigenvalue weighted by Gasteiger charge is -2.18. The molecule has 1 amide bonds. The van der Waals surface area contributed by atoms with Gasteiger partial charge in [-0.25, -0.2) is 9.97 Å². The van der Waals surface area contributed by atoms with Gasteiger partial charge in [0, 0.05) is 19.7 Å². The van der Waals surface area contributed by atoms with Gasteiger partial charge in [0.1, 0.15) is 10.6 Å². The van der Waals surface area contributed by atoms with Gasteiger partial charge in [-0.15, -0.1) is 11.3 Å². The summed E-state index contributed by atoms with van der Waals surface area (Å²) in [5.41, 5.74) is 1.46. The average molecular weight is 317 g/mol. The third kappa shape index (κ3) is 2.97. The number of ether oxygens (including phenoxy) is 1. The van der Waals surface area contributed by atoms with E-state index >= 15 is 0 Å². The van der Waals surface area contributed by atoms with Crippen LogP contribution in [0.3, 0.4) is 0 Å². The van der Waals surface area contributed by atoms with Gasteiger partial charge in [0.15, 0.2) is 0 Å². The first-order valence-electron chi connectivity index (χ1n) is 7.33. The molecule has 6 heteroatoms. The Labute approximate surface area is 134 Å². The summed E-state index contributed by atoms with van der Waals surface area (Å²) >= 11 is 1.51. The third-order valence-corrected chi connectivity index (χ3v) is 4.97. The van der Waals surface area contributed by atoms with Gasteiger partial charge in [0.05, 0.1) is 17.8 Å². The zero-order chi connectivity index (χ0) is 15.7. The SMILES string of the molecule is COc1ncccc1N(C)C(=O)c1sc(CC2CC2)nc1C. The molecule has 0 aliphatic heterocycles. The second-order valence-electron chi connectivity index (χ2n) is 5.57. The Morgan fingerprint density at radius 3 is 2.95 bits per heavy atom. The number of aromatic nitrogens is 2. The molecule has 0 spiro atoms. The molecule has 3 rings (SSSR count). The number of nitrogens with zero attached hydrogens (tertiary/aromatic N) is 3. The van der Waals surface area contributed by atoms with Crippen LogP contribution in [0, 0.1) is 12.8 Å². The zero-order valence-electron chi connectivity index (χ0n) is 13.0. The fourth-order valence-electron chi connectivity index (χ4n) is 2.36. The van der Waals surface area contributed by atoms with E-state index < -0.39 is 0 Å². The number of anilines is 1. The van der Waals surface area contributed by atoms with Crippen molar-refractivity contribution in [3.63, 3.8) is 0 Å². The molecule has 1 fully saturated rings. The molecular weight excluding hydrogens is 298 g/mol. The molecule has 1 aliphatic carbocycles. The first-order chi connectivity index (χ1) is 10.6. The quantitative estimate of drug-likeness (QED) is 0.850. The molecule has 1 saturated carbocycles. The molecular formula is C16H19N3O2S. The Balaban J connectivity index is 1.84. The van der Waals surface area contributed by atoms with Crippen LogP contribution >= 0.6 is 11.3 Å². The van der Waals surface area contributed by atoms with E-state index in [1.54, 1.807) is 31.3 Å². The highest BCUT2D eigenvalue weighted by Gasteiger charge is 2.26. The Bertz CT molecular complexity index is 694. The van der Waals surface area contributed by atoms with Crippen molar-refractivity contribution in [1.29, 1.82) is 0 Å². The first-order valence-corrected chi connectivity index (χ1v) is 8.15. The number of pyridine rings is 1. The highest BCUT2D eigenvalue weighted by atomic mass is 32.1. The van der Waals surface area contributed by atoms with Crippen molar-refractivity contribution in [2.24, 2.45) is 5.92 Å². The Kier molecular flexibility index (Phi) is 4.11. The van der Waals surface area contributed by atoms with Crippen molar-refractivity contribution in [2.45, 2.75) is 26.2 Å². The maximum atomic E-state index is 12.8. The number of aryl methyl sites for hydroxylation is 1. The number of hydrogen-bond donors (Lipinski definition) is 0. The van der Waals surface area contributed by atoms with E-state index in [2.05, 4.69) is 9.97 Å². The molecule has 0 saturated heterocycles. The summed E-state index contributed by atoms with van der Waals surface area (Å²) < 4.78 is 5.23. The summed E-state index contributed by atoms with van der Waals surface area (Å²) in [7, 11) is 3.29. The van der Waals surface area contributed by atoms with Crippen molar-refractivity contribution in [3.05, 3.63) is 33.9 Å². The smallest absolute Gasteiger partial charge is 0.270 e. The van der Waals surface area contributed by atoms with E-state index in [-0.39, 0.29) is 5.91 Å². The van der Waals surface area contributed by atoms with Crippen LogP contribution in [0.1, 0.15) is 33.2 Å². The molecule has 2 aromatic rings. The van der Waals surface area contributed by atoms with Crippen LogP contribution in [-0.4, -0.2) is 30.0 Å². The summed E-state index contributed by atoms with van der Waals surface area (Å²) in [6, 6.07) is 3.62. The molecule has 0 bridgehead atoms. The van der Waals surface area contributed by atoms with E-state index in [1.165, 1.54) is 24.2 Å². The monoisotopic (exact) mass is 317 g/mol. The number of thiazole rings is 1. The number of carbonyl (C=O) groups excluding carboxylic acids is 1. The van der Waals surface area contributed by atoms with Gasteiger partial charge in [-0.1, -0.05) is 0 Å². The molecule has 22 heavy (non-hydrogen) atoms. The highest BCUT2D eigenvalue weighted by molar-refractivity contribution is 7.14. The van der Waals surface area contributed by atoms with Crippen LogP contribution in [0.5, 0.6) is 5.88 Å². The lowest BCUT2D eigenvalue weighted by atomic mass is 10.3. The van der Waals surface area contributed by atoms with Crippen LogP contribution in [0.4, 0.5) is 5.69 Å². The molecule has 0 aromatic carbocycles. The Morgan fingerprint density at radius 1 is 1.50 bits per heavy atom. The minimum atomic E-state index is -0.0663. The summed E-state index contributed by atoms with van der Waals surface area (Å²) in [6.45, 7) is 1.90. The largest absolute Gasteiger partial charge is 0.480 e. The average Bonchev–Trinajstić information content (AvgIpc) is 3.27. The van der Waals surface area contributed by atoms with Gasteiger partial charge in [-0.2, -0.15) is 0 Å². The normalized spacial score (nSPS) is 14.0. The predicted octanol–water partition coefficient (Wildman–Crippen LogP) is 3.08. The highest BCUT2D eigenvalue weighted by Crippen LogP contribution is 2.35. The van der Waals surface area contributed by atoms with E-state index in [1.807, 2.05) is 13.0 Å². The predicted molar refractivity (Wildman–Crippen MR) is 86.8 cm³/mol. The van der Waals surface area contributed by atoms with Crippen molar-refractivity contribution < 1.29 is 9.53 Å². The summed E-state index contributed by atoms with van der Waals surface area (Å²) in [4.78, 5) is 23.7. The van der Waals surface area contributed by atoms with E-state index in [0.717, 1.165) is 23.0 Å². The molecule has 2 aromatic heterocycles. The van der Waals surface area contributed by atoms with Crippen LogP contribution in [0.2, 0.25) is 0 Å².